The lowest BCUT2D eigenvalue weighted by molar-refractivity contribution is 0.103. The Balaban J connectivity index is 2.47. The Morgan fingerprint density at radius 1 is 1.33 bits per heavy atom. The summed E-state index contributed by atoms with van der Waals surface area (Å²) in [4.78, 5) is 12.5. The number of aryl methyl sites for hydroxylation is 2. The molecular formula is C14H16N2O2. The van der Waals surface area contributed by atoms with Crippen LogP contribution in [0.15, 0.2) is 24.3 Å². The molecule has 0 aliphatic carbocycles. The maximum Gasteiger partial charge on any atom is 0.196 e. The first-order chi connectivity index (χ1) is 8.54. The maximum atomic E-state index is 12.5. The summed E-state index contributed by atoms with van der Waals surface area (Å²) in [5.74, 6) is 0.664. The molecule has 0 unspecified atom stereocenters. The number of methoxy groups -OCH3 is 1. The normalized spacial score (nSPS) is 10.4. The fourth-order valence-corrected chi connectivity index (χ4v) is 2.01. The zero-order valence-corrected chi connectivity index (χ0v) is 11.0. The van der Waals surface area contributed by atoms with Gasteiger partial charge in [-0.15, -0.1) is 0 Å². The predicted octanol–water partition coefficient (Wildman–Crippen LogP) is 2.28. The predicted molar refractivity (Wildman–Crippen MR) is 69.1 cm³/mol. The second kappa shape index (κ2) is 4.64. The molecule has 0 saturated carbocycles. The minimum atomic E-state index is -0.0167. The summed E-state index contributed by atoms with van der Waals surface area (Å²) in [5.41, 5.74) is 2.92. The van der Waals surface area contributed by atoms with Crippen LogP contribution in [-0.4, -0.2) is 22.7 Å². The van der Waals surface area contributed by atoms with E-state index in [2.05, 4.69) is 5.10 Å². The van der Waals surface area contributed by atoms with Crippen LogP contribution in [-0.2, 0) is 7.05 Å². The lowest BCUT2D eigenvalue weighted by Gasteiger charge is -2.04. The minimum Gasteiger partial charge on any atom is -0.497 e. The van der Waals surface area contributed by atoms with Crippen molar-refractivity contribution < 1.29 is 9.53 Å². The van der Waals surface area contributed by atoms with E-state index in [1.807, 2.05) is 33.0 Å². The van der Waals surface area contributed by atoms with E-state index < -0.39 is 0 Å². The summed E-state index contributed by atoms with van der Waals surface area (Å²) in [6.45, 7) is 3.74. The summed E-state index contributed by atoms with van der Waals surface area (Å²) in [6.07, 6.45) is 0. The number of carbonyl (C=O) groups is 1. The van der Waals surface area contributed by atoms with Gasteiger partial charge in [0.25, 0.3) is 0 Å². The molecule has 0 amide bonds. The van der Waals surface area contributed by atoms with E-state index in [4.69, 9.17) is 4.74 Å². The lowest BCUT2D eigenvalue weighted by Crippen LogP contribution is -2.05. The van der Waals surface area contributed by atoms with Gasteiger partial charge in [0, 0.05) is 18.3 Å². The first-order valence-corrected chi connectivity index (χ1v) is 5.73. The van der Waals surface area contributed by atoms with E-state index >= 15 is 0 Å². The van der Waals surface area contributed by atoms with Crippen LogP contribution in [0.25, 0.3) is 0 Å². The Morgan fingerprint density at radius 3 is 2.61 bits per heavy atom. The van der Waals surface area contributed by atoms with Crippen molar-refractivity contribution in [2.75, 3.05) is 7.11 Å². The average molecular weight is 244 g/mol. The summed E-state index contributed by atoms with van der Waals surface area (Å²) < 4.78 is 6.86. The van der Waals surface area contributed by atoms with Crippen LogP contribution >= 0.6 is 0 Å². The van der Waals surface area contributed by atoms with Crippen LogP contribution in [0, 0.1) is 13.8 Å². The second-order valence-electron chi connectivity index (χ2n) is 4.23. The monoisotopic (exact) mass is 244 g/mol. The van der Waals surface area contributed by atoms with Crippen LogP contribution in [0.4, 0.5) is 0 Å². The van der Waals surface area contributed by atoms with E-state index in [0.717, 1.165) is 11.4 Å². The van der Waals surface area contributed by atoms with Crippen LogP contribution in [0.1, 0.15) is 27.3 Å². The van der Waals surface area contributed by atoms with Crippen LogP contribution in [0.3, 0.4) is 0 Å². The van der Waals surface area contributed by atoms with Gasteiger partial charge in [0.15, 0.2) is 5.78 Å². The first-order valence-electron chi connectivity index (χ1n) is 5.73. The summed E-state index contributed by atoms with van der Waals surface area (Å²) in [7, 11) is 3.43. The highest BCUT2D eigenvalue weighted by Gasteiger charge is 2.19. The zero-order chi connectivity index (χ0) is 13.3. The molecule has 2 aromatic rings. The standard InChI is InChI=1S/C14H16N2O2/c1-9-13(10(2)16(3)15-9)14(17)11-6-5-7-12(8-11)18-4/h5-8H,1-4H3. The topological polar surface area (TPSA) is 44.1 Å². The van der Waals surface area contributed by atoms with E-state index in [1.54, 1.807) is 23.9 Å². The lowest BCUT2D eigenvalue weighted by atomic mass is 10.0. The minimum absolute atomic E-state index is 0.0167. The van der Waals surface area contributed by atoms with Crippen molar-refractivity contribution in [1.29, 1.82) is 0 Å². The quantitative estimate of drug-likeness (QED) is 0.778. The number of aromatic nitrogens is 2. The Bertz CT molecular complexity index is 600. The summed E-state index contributed by atoms with van der Waals surface area (Å²) >= 11 is 0. The molecule has 0 aliphatic rings. The highest BCUT2D eigenvalue weighted by molar-refractivity contribution is 6.10. The fourth-order valence-electron chi connectivity index (χ4n) is 2.01. The molecule has 0 bridgehead atoms. The smallest absolute Gasteiger partial charge is 0.196 e. The molecule has 18 heavy (non-hydrogen) atoms. The van der Waals surface area contributed by atoms with E-state index in [9.17, 15) is 4.79 Å². The van der Waals surface area contributed by atoms with Crippen LogP contribution in [0.5, 0.6) is 5.75 Å². The molecule has 0 N–H and O–H groups in total. The van der Waals surface area contributed by atoms with Gasteiger partial charge in [-0.25, -0.2) is 0 Å². The molecule has 4 heteroatoms. The van der Waals surface area contributed by atoms with Crippen LogP contribution < -0.4 is 4.74 Å². The molecule has 0 radical (unpaired) electrons. The molecule has 94 valence electrons. The molecule has 0 fully saturated rings. The Morgan fingerprint density at radius 2 is 2.06 bits per heavy atom. The Kier molecular flexibility index (Phi) is 3.19. The molecule has 0 saturated heterocycles. The molecule has 4 nitrogen and oxygen atoms in total. The van der Waals surface area contributed by atoms with Gasteiger partial charge in [-0.3, -0.25) is 9.48 Å². The van der Waals surface area contributed by atoms with Crippen molar-refractivity contribution in [3.63, 3.8) is 0 Å². The molecule has 2 rings (SSSR count). The number of benzene rings is 1. The second-order valence-corrected chi connectivity index (χ2v) is 4.23. The van der Waals surface area contributed by atoms with Gasteiger partial charge < -0.3 is 4.74 Å². The number of ether oxygens (including phenoxy) is 1. The van der Waals surface area contributed by atoms with Crippen molar-refractivity contribution in [3.05, 3.63) is 46.8 Å². The van der Waals surface area contributed by atoms with Crippen molar-refractivity contribution in [2.45, 2.75) is 13.8 Å². The number of ketones is 1. The van der Waals surface area contributed by atoms with Gasteiger partial charge >= 0.3 is 0 Å². The van der Waals surface area contributed by atoms with Gasteiger partial charge in [0.1, 0.15) is 5.75 Å². The SMILES string of the molecule is COc1cccc(C(=O)c2c(C)nn(C)c2C)c1. The maximum absolute atomic E-state index is 12.5. The van der Waals surface area contributed by atoms with E-state index in [-0.39, 0.29) is 5.78 Å². The van der Waals surface area contributed by atoms with E-state index in [0.29, 0.717) is 16.9 Å². The highest BCUT2D eigenvalue weighted by atomic mass is 16.5. The molecular weight excluding hydrogens is 228 g/mol. The molecule has 0 aliphatic heterocycles. The third-order valence-corrected chi connectivity index (χ3v) is 3.07. The van der Waals surface area contributed by atoms with Crippen molar-refractivity contribution in [2.24, 2.45) is 7.05 Å². The molecule has 0 atom stereocenters. The number of hydrogen-bond donors (Lipinski definition) is 0. The van der Waals surface area contributed by atoms with Gasteiger partial charge in [-0.05, 0) is 26.0 Å². The molecule has 0 spiro atoms. The van der Waals surface area contributed by atoms with Gasteiger partial charge in [-0.1, -0.05) is 12.1 Å². The van der Waals surface area contributed by atoms with E-state index in [1.165, 1.54) is 0 Å². The Hall–Kier alpha value is -2.10. The zero-order valence-electron chi connectivity index (χ0n) is 11.0. The van der Waals surface area contributed by atoms with Gasteiger partial charge in [0.2, 0.25) is 0 Å². The Labute approximate surface area is 106 Å². The van der Waals surface area contributed by atoms with Crippen LogP contribution in [0.2, 0.25) is 0 Å². The fraction of sp³-hybridized carbons (Fsp3) is 0.286. The van der Waals surface area contributed by atoms with Crippen molar-refractivity contribution in [3.8, 4) is 5.75 Å². The summed E-state index contributed by atoms with van der Waals surface area (Å²) in [5, 5.41) is 4.26. The van der Waals surface area contributed by atoms with Gasteiger partial charge in [-0.2, -0.15) is 5.10 Å². The van der Waals surface area contributed by atoms with Crippen molar-refractivity contribution >= 4 is 5.78 Å². The van der Waals surface area contributed by atoms with Crippen molar-refractivity contribution in [1.82, 2.24) is 9.78 Å². The third-order valence-electron chi connectivity index (χ3n) is 3.07. The van der Waals surface area contributed by atoms with Gasteiger partial charge in [0.05, 0.1) is 18.4 Å². The number of hydrogen-bond acceptors (Lipinski definition) is 3. The first kappa shape index (κ1) is 12.4. The summed E-state index contributed by atoms with van der Waals surface area (Å²) in [6, 6.07) is 7.16. The third kappa shape index (κ3) is 2.01. The largest absolute Gasteiger partial charge is 0.497 e. The average Bonchev–Trinajstić information content (AvgIpc) is 2.62. The molecule has 1 aromatic heterocycles. The number of rotatable bonds is 3. The number of nitrogens with zero attached hydrogens (tertiary/aromatic N) is 2. The molecule has 1 heterocycles. The number of carbonyl (C=O) groups excluding carboxylic acids is 1. The highest BCUT2D eigenvalue weighted by Crippen LogP contribution is 2.20. The molecule has 1 aromatic carbocycles.